The number of aryl methyl sites for hydroxylation is 2. The third-order valence-electron chi connectivity index (χ3n) is 3.19. The van der Waals surface area contributed by atoms with E-state index in [0.717, 1.165) is 23.9 Å². The average molecular weight is 257 g/mol. The van der Waals surface area contributed by atoms with Crippen molar-refractivity contribution in [1.82, 2.24) is 9.55 Å². The van der Waals surface area contributed by atoms with Crippen molar-refractivity contribution < 1.29 is 0 Å². The highest BCUT2D eigenvalue weighted by Crippen LogP contribution is 2.17. The molecule has 2 aromatic rings. The third-order valence-corrected chi connectivity index (χ3v) is 3.19. The molecule has 0 atom stereocenters. The standard InChI is InChI=1S/C16H23N3/c1-4-6-7-14-8-10-15(11-9-14)19-12-13(3)18-16(19)17-5-2/h8-12H,4-7H2,1-3H3,(H,17,18). The Kier molecular flexibility index (Phi) is 4.61. The fourth-order valence-electron chi connectivity index (χ4n) is 2.18. The number of hydrogen-bond acceptors (Lipinski definition) is 2. The largest absolute Gasteiger partial charge is 0.356 e. The Morgan fingerprint density at radius 1 is 1.16 bits per heavy atom. The maximum absolute atomic E-state index is 4.50. The maximum Gasteiger partial charge on any atom is 0.207 e. The van der Waals surface area contributed by atoms with Gasteiger partial charge in [-0.25, -0.2) is 4.98 Å². The topological polar surface area (TPSA) is 29.9 Å². The van der Waals surface area contributed by atoms with Gasteiger partial charge in [0.05, 0.1) is 5.69 Å². The van der Waals surface area contributed by atoms with Crippen molar-refractivity contribution in [3.63, 3.8) is 0 Å². The van der Waals surface area contributed by atoms with Crippen LogP contribution >= 0.6 is 0 Å². The predicted molar refractivity (Wildman–Crippen MR) is 81.1 cm³/mol. The highest BCUT2D eigenvalue weighted by Gasteiger charge is 2.06. The van der Waals surface area contributed by atoms with E-state index in [-0.39, 0.29) is 0 Å². The summed E-state index contributed by atoms with van der Waals surface area (Å²) in [6, 6.07) is 8.78. The van der Waals surface area contributed by atoms with Crippen molar-refractivity contribution in [1.29, 1.82) is 0 Å². The van der Waals surface area contributed by atoms with Gasteiger partial charge < -0.3 is 5.32 Å². The zero-order valence-corrected chi connectivity index (χ0v) is 12.1. The Labute approximate surface area is 115 Å². The summed E-state index contributed by atoms with van der Waals surface area (Å²) >= 11 is 0. The van der Waals surface area contributed by atoms with Crippen molar-refractivity contribution in [3.05, 3.63) is 41.7 Å². The molecule has 0 aliphatic rings. The van der Waals surface area contributed by atoms with Gasteiger partial charge in [0.15, 0.2) is 0 Å². The Bertz CT molecular complexity index is 511. The van der Waals surface area contributed by atoms with Crippen LogP contribution < -0.4 is 5.32 Å². The summed E-state index contributed by atoms with van der Waals surface area (Å²) in [7, 11) is 0. The molecule has 0 aliphatic carbocycles. The maximum atomic E-state index is 4.50. The van der Waals surface area contributed by atoms with Crippen LogP contribution in [0.4, 0.5) is 5.95 Å². The first kappa shape index (κ1) is 13.7. The zero-order chi connectivity index (χ0) is 13.7. The van der Waals surface area contributed by atoms with Gasteiger partial charge in [0, 0.05) is 18.4 Å². The van der Waals surface area contributed by atoms with Gasteiger partial charge in [0.2, 0.25) is 5.95 Å². The van der Waals surface area contributed by atoms with Crippen molar-refractivity contribution in [2.45, 2.75) is 40.0 Å². The van der Waals surface area contributed by atoms with E-state index in [4.69, 9.17) is 0 Å². The number of imidazole rings is 1. The molecule has 0 saturated heterocycles. The first-order valence-corrected chi connectivity index (χ1v) is 7.13. The van der Waals surface area contributed by atoms with Crippen LogP contribution in [0.2, 0.25) is 0 Å². The molecule has 3 nitrogen and oxygen atoms in total. The van der Waals surface area contributed by atoms with E-state index in [0.29, 0.717) is 0 Å². The monoisotopic (exact) mass is 257 g/mol. The Morgan fingerprint density at radius 3 is 2.53 bits per heavy atom. The minimum atomic E-state index is 0.880. The SMILES string of the molecule is CCCCc1ccc(-n2cc(C)nc2NCC)cc1. The second-order valence-electron chi connectivity index (χ2n) is 4.88. The molecule has 0 spiro atoms. The van der Waals surface area contributed by atoms with Gasteiger partial charge in [-0.05, 0) is 44.4 Å². The molecule has 2 rings (SSSR count). The highest BCUT2D eigenvalue weighted by molar-refractivity contribution is 5.44. The van der Waals surface area contributed by atoms with Crippen LogP contribution in [0.15, 0.2) is 30.5 Å². The van der Waals surface area contributed by atoms with Gasteiger partial charge in [0.1, 0.15) is 0 Å². The van der Waals surface area contributed by atoms with E-state index in [1.165, 1.54) is 24.8 Å². The summed E-state index contributed by atoms with van der Waals surface area (Å²) in [4.78, 5) is 4.50. The number of nitrogens with zero attached hydrogens (tertiary/aromatic N) is 2. The second-order valence-corrected chi connectivity index (χ2v) is 4.88. The summed E-state index contributed by atoms with van der Waals surface area (Å²) in [5.74, 6) is 0.918. The Morgan fingerprint density at radius 2 is 1.89 bits per heavy atom. The number of unbranched alkanes of at least 4 members (excludes halogenated alkanes) is 1. The van der Waals surface area contributed by atoms with E-state index in [1.54, 1.807) is 0 Å². The molecular formula is C16H23N3. The van der Waals surface area contributed by atoms with Gasteiger partial charge in [0.25, 0.3) is 0 Å². The molecule has 1 heterocycles. The summed E-state index contributed by atoms with van der Waals surface area (Å²) in [5, 5.41) is 3.30. The lowest BCUT2D eigenvalue weighted by molar-refractivity contribution is 0.795. The molecule has 1 aromatic heterocycles. The number of nitrogens with one attached hydrogen (secondary N) is 1. The van der Waals surface area contributed by atoms with Crippen molar-refractivity contribution in [2.75, 3.05) is 11.9 Å². The number of hydrogen-bond donors (Lipinski definition) is 1. The van der Waals surface area contributed by atoms with Gasteiger partial charge in [-0.3, -0.25) is 4.57 Å². The van der Waals surface area contributed by atoms with E-state index in [1.807, 2.05) is 6.92 Å². The average Bonchev–Trinajstić information content (AvgIpc) is 2.78. The minimum Gasteiger partial charge on any atom is -0.356 e. The Hall–Kier alpha value is -1.77. The molecule has 0 aliphatic heterocycles. The van der Waals surface area contributed by atoms with Gasteiger partial charge >= 0.3 is 0 Å². The van der Waals surface area contributed by atoms with Crippen LogP contribution in [-0.4, -0.2) is 16.1 Å². The lowest BCUT2D eigenvalue weighted by Crippen LogP contribution is -2.04. The first-order chi connectivity index (χ1) is 9.24. The minimum absolute atomic E-state index is 0.880. The lowest BCUT2D eigenvalue weighted by Gasteiger charge is -2.09. The summed E-state index contributed by atoms with van der Waals surface area (Å²) in [6.45, 7) is 7.21. The lowest BCUT2D eigenvalue weighted by atomic mass is 10.1. The number of anilines is 1. The molecule has 0 fully saturated rings. The number of aromatic nitrogens is 2. The molecule has 102 valence electrons. The van der Waals surface area contributed by atoms with Crippen LogP contribution in [0.3, 0.4) is 0 Å². The van der Waals surface area contributed by atoms with Crippen molar-refractivity contribution >= 4 is 5.95 Å². The van der Waals surface area contributed by atoms with Gasteiger partial charge in [-0.2, -0.15) is 0 Å². The molecule has 0 amide bonds. The summed E-state index contributed by atoms with van der Waals surface area (Å²) < 4.78 is 2.11. The molecule has 0 unspecified atom stereocenters. The first-order valence-electron chi connectivity index (χ1n) is 7.13. The predicted octanol–water partition coefficient (Wildman–Crippen LogP) is 3.96. The van der Waals surface area contributed by atoms with Crippen LogP contribution in [-0.2, 0) is 6.42 Å². The molecule has 19 heavy (non-hydrogen) atoms. The van der Waals surface area contributed by atoms with E-state index in [9.17, 15) is 0 Å². The molecule has 0 bridgehead atoms. The fraction of sp³-hybridized carbons (Fsp3) is 0.438. The van der Waals surface area contributed by atoms with E-state index < -0.39 is 0 Å². The molecule has 3 heteroatoms. The van der Waals surface area contributed by atoms with Gasteiger partial charge in [-0.15, -0.1) is 0 Å². The fourth-order valence-corrected chi connectivity index (χ4v) is 2.18. The summed E-state index contributed by atoms with van der Waals surface area (Å²) in [6.07, 6.45) is 5.73. The Balaban J connectivity index is 2.21. The molecule has 1 N–H and O–H groups in total. The highest BCUT2D eigenvalue weighted by atomic mass is 15.2. The number of rotatable bonds is 6. The third kappa shape index (κ3) is 3.37. The van der Waals surface area contributed by atoms with Crippen molar-refractivity contribution in [3.8, 4) is 5.69 Å². The van der Waals surface area contributed by atoms with Crippen LogP contribution in [0.25, 0.3) is 5.69 Å². The van der Waals surface area contributed by atoms with Crippen LogP contribution in [0.1, 0.15) is 37.9 Å². The van der Waals surface area contributed by atoms with Gasteiger partial charge in [-0.1, -0.05) is 25.5 Å². The molecule has 0 radical (unpaired) electrons. The zero-order valence-electron chi connectivity index (χ0n) is 12.1. The van der Waals surface area contributed by atoms with Crippen LogP contribution in [0, 0.1) is 6.92 Å². The smallest absolute Gasteiger partial charge is 0.207 e. The summed E-state index contributed by atoms with van der Waals surface area (Å²) in [5.41, 5.74) is 3.61. The van der Waals surface area contributed by atoms with Crippen LogP contribution in [0.5, 0.6) is 0 Å². The molecular weight excluding hydrogens is 234 g/mol. The van der Waals surface area contributed by atoms with E-state index >= 15 is 0 Å². The normalized spacial score (nSPS) is 10.7. The molecule has 0 saturated carbocycles. The quantitative estimate of drug-likeness (QED) is 0.849. The van der Waals surface area contributed by atoms with E-state index in [2.05, 4.69) is 59.2 Å². The van der Waals surface area contributed by atoms with Crippen molar-refractivity contribution in [2.24, 2.45) is 0 Å². The second kappa shape index (κ2) is 6.41. The molecule has 1 aromatic carbocycles. The number of benzene rings is 1.